The molecule has 0 aromatic carbocycles. The van der Waals surface area contributed by atoms with Crippen molar-refractivity contribution in [1.29, 1.82) is 0 Å². The van der Waals surface area contributed by atoms with Gasteiger partial charge in [-0.25, -0.2) is 0 Å². The van der Waals surface area contributed by atoms with Crippen molar-refractivity contribution in [2.45, 2.75) is 75.0 Å². The van der Waals surface area contributed by atoms with E-state index in [1.165, 1.54) is 14.2 Å². The summed E-state index contributed by atoms with van der Waals surface area (Å²) < 4.78 is 61.8. The summed E-state index contributed by atoms with van der Waals surface area (Å²) in [5.74, 6) is -0.000485. The van der Waals surface area contributed by atoms with E-state index in [2.05, 4.69) is 4.52 Å². The number of phosphoric ester groups is 2. The number of hydrogen-bond acceptors (Lipinski definition) is 13. The molecule has 0 saturated carbocycles. The second-order valence-corrected chi connectivity index (χ2v) is 11.2. The molecule has 3 fully saturated rings. The van der Waals surface area contributed by atoms with Crippen molar-refractivity contribution in [1.82, 2.24) is 0 Å². The van der Waals surface area contributed by atoms with Gasteiger partial charge in [0.1, 0.15) is 27.9 Å². The Labute approximate surface area is 212 Å². The SMILES string of the molecule is [B][C@H]1C[C@@H](OC)[C@@H](COP(=O)([O-])O)O1.[B][C@H]1C[C@@H](OP(=O)([O-])OC[C@H]2O[C@@H](O)C[C@H]2C)[C@@H](COC)O1. The number of hydrogen-bond donors (Lipinski definition) is 2. The van der Waals surface area contributed by atoms with E-state index in [0.717, 1.165) is 0 Å². The molecule has 206 valence electrons. The minimum atomic E-state index is -4.70. The van der Waals surface area contributed by atoms with E-state index in [0.29, 0.717) is 12.8 Å². The third-order valence-electron chi connectivity index (χ3n) is 5.69. The Hall–Kier alpha value is 0.110. The fourth-order valence-corrected chi connectivity index (χ4v) is 5.19. The van der Waals surface area contributed by atoms with Crippen LogP contribution in [0.1, 0.15) is 26.2 Å². The molecule has 3 heterocycles. The van der Waals surface area contributed by atoms with Crippen molar-refractivity contribution in [3.8, 4) is 0 Å². The molecule has 0 aliphatic carbocycles. The summed E-state index contributed by atoms with van der Waals surface area (Å²) in [6.45, 7) is 1.53. The van der Waals surface area contributed by atoms with Crippen LogP contribution < -0.4 is 9.79 Å². The third-order valence-corrected chi connectivity index (χ3v) is 7.16. The monoisotopic (exact) mass is 556 g/mol. The van der Waals surface area contributed by atoms with Crippen molar-refractivity contribution < 1.29 is 66.2 Å². The van der Waals surface area contributed by atoms with E-state index in [1.807, 2.05) is 6.92 Å². The second kappa shape index (κ2) is 14.5. The van der Waals surface area contributed by atoms with Gasteiger partial charge < -0.3 is 57.0 Å². The van der Waals surface area contributed by atoms with Crippen molar-refractivity contribution in [2.75, 3.05) is 34.0 Å². The average Bonchev–Trinajstić information content (AvgIpc) is 3.40. The van der Waals surface area contributed by atoms with Crippen LogP contribution in [0.25, 0.3) is 0 Å². The van der Waals surface area contributed by atoms with E-state index < -0.39 is 58.4 Å². The van der Waals surface area contributed by atoms with Gasteiger partial charge in [0.15, 0.2) is 6.29 Å². The van der Waals surface area contributed by atoms with Gasteiger partial charge in [-0.2, -0.15) is 0 Å². The van der Waals surface area contributed by atoms with E-state index in [4.69, 9.17) is 53.3 Å². The van der Waals surface area contributed by atoms with Gasteiger partial charge in [-0.15, -0.1) is 0 Å². The summed E-state index contributed by atoms with van der Waals surface area (Å²) in [5, 5.41) is 9.35. The quantitative estimate of drug-likeness (QED) is 0.216. The molecule has 0 aromatic heterocycles. The molecule has 4 radical (unpaired) electrons. The predicted molar refractivity (Wildman–Crippen MR) is 120 cm³/mol. The molecule has 3 aliphatic rings. The first-order valence-corrected chi connectivity index (χ1v) is 14.2. The lowest BCUT2D eigenvalue weighted by molar-refractivity contribution is -0.235. The zero-order valence-electron chi connectivity index (χ0n) is 20.3. The number of rotatable bonds is 11. The molecule has 2 unspecified atom stereocenters. The summed E-state index contributed by atoms with van der Waals surface area (Å²) in [4.78, 5) is 30.6. The second-order valence-electron chi connectivity index (χ2n) is 8.62. The fourth-order valence-electron chi connectivity index (χ4n) is 3.91. The van der Waals surface area contributed by atoms with E-state index in [1.54, 1.807) is 0 Å². The van der Waals surface area contributed by atoms with Crippen LogP contribution in [0, 0.1) is 5.92 Å². The molecule has 0 spiro atoms. The van der Waals surface area contributed by atoms with Crippen LogP contribution in [-0.2, 0) is 46.4 Å². The lowest BCUT2D eigenvalue weighted by Crippen LogP contribution is -2.31. The number of phosphoric acid groups is 2. The van der Waals surface area contributed by atoms with Gasteiger partial charge in [-0.1, -0.05) is 6.92 Å². The summed E-state index contributed by atoms with van der Waals surface area (Å²) in [5.41, 5.74) is 0. The van der Waals surface area contributed by atoms with Gasteiger partial charge >= 0.3 is 0 Å². The lowest BCUT2D eigenvalue weighted by atomic mass is 9.96. The average molecular weight is 556 g/mol. The molecule has 11 atom stereocenters. The van der Waals surface area contributed by atoms with Gasteiger partial charge in [0.05, 0.1) is 38.1 Å². The van der Waals surface area contributed by atoms with Crippen LogP contribution >= 0.6 is 15.6 Å². The molecule has 3 aliphatic heterocycles. The van der Waals surface area contributed by atoms with Crippen molar-refractivity contribution in [2.24, 2.45) is 5.92 Å². The Balaban J connectivity index is 0.000000281. The molecule has 0 aromatic rings. The maximum Gasteiger partial charge on any atom is 0.268 e. The first-order chi connectivity index (χ1) is 16.7. The van der Waals surface area contributed by atoms with Gasteiger partial charge in [0, 0.05) is 32.6 Å². The Morgan fingerprint density at radius 1 is 0.889 bits per heavy atom. The maximum atomic E-state index is 11.9. The summed E-state index contributed by atoms with van der Waals surface area (Å²) in [7, 11) is 4.81. The molecular weight excluding hydrogens is 524 g/mol. The summed E-state index contributed by atoms with van der Waals surface area (Å²) in [6.07, 6.45) is -2.40. The number of aliphatic hydroxyl groups excluding tert-OH is 1. The van der Waals surface area contributed by atoms with E-state index >= 15 is 0 Å². The first-order valence-electron chi connectivity index (χ1n) is 11.2. The highest BCUT2D eigenvalue weighted by atomic mass is 31.2. The highest BCUT2D eigenvalue weighted by Gasteiger charge is 2.37. The standard InChI is InChI=1S/C12H22BO8P.C6H12BO6P/c1-7-3-12(14)20-9(7)6-18-22(15,16)21-8-4-11(13)19-10(8)5-17-2;1-11-4-2-6(7)13-5(4)3-12-14(8,9)10/h7-12,14H,3-6H2,1-2H3,(H,15,16);4-6H,2-3H2,1H3,(H2,8,9,10)/p-2/t7-,8-,9-,10-,11-,12-;4-,5-,6-/m11/s1. The highest BCUT2D eigenvalue weighted by molar-refractivity contribution is 7.45. The van der Waals surface area contributed by atoms with Crippen molar-refractivity contribution >= 4 is 31.3 Å². The Bertz CT molecular complexity index is 759. The van der Waals surface area contributed by atoms with Gasteiger partial charge in [0.2, 0.25) is 0 Å². The van der Waals surface area contributed by atoms with Crippen LogP contribution in [-0.4, -0.2) is 109 Å². The first kappa shape index (κ1) is 32.3. The molecule has 36 heavy (non-hydrogen) atoms. The highest BCUT2D eigenvalue weighted by Crippen LogP contribution is 2.44. The van der Waals surface area contributed by atoms with Crippen LogP contribution in [0.15, 0.2) is 0 Å². The van der Waals surface area contributed by atoms with Crippen LogP contribution in [0.2, 0.25) is 0 Å². The number of ether oxygens (including phenoxy) is 5. The molecule has 3 rings (SSSR count). The maximum absolute atomic E-state index is 11.9. The number of methoxy groups -OCH3 is 2. The normalized spacial score (nSPS) is 39.8. The van der Waals surface area contributed by atoms with E-state index in [-0.39, 0.29) is 38.3 Å². The largest absolute Gasteiger partial charge is 0.756 e. The van der Waals surface area contributed by atoms with Crippen molar-refractivity contribution in [3.05, 3.63) is 0 Å². The zero-order chi connectivity index (χ0) is 27.1. The summed E-state index contributed by atoms with van der Waals surface area (Å²) in [6, 6.07) is -1.09. The molecule has 18 heteroatoms. The fraction of sp³-hybridized carbons (Fsp3) is 1.00. The van der Waals surface area contributed by atoms with Gasteiger partial charge in [-0.05, 0) is 18.8 Å². The zero-order valence-corrected chi connectivity index (χ0v) is 22.1. The van der Waals surface area contributed by atoms with Crippen LogP contribution in [0.5, 0.6) is 0 Å². The van der Waals surface area contributed by atoms with Crippen molar-refractivity contribution in [3.63, 3.8) is 0 Å². The minimum absolute atomic E-state index is 0.000485. The molecular formula is C18H32B2O14P2-2. The molecule has 0 bridgehead atoms. The van der Waals surface area contributed by atoms with Gasteiger partial charge in [-0.3, -0.25) is 9.13 Å². The number of aliphatic hydroxyl groups is 1. The van der Waals surface area contributed by atoms with Crippen LogP contribution in [0.3, 0.4) is 0 Å². The minimum Gasteiger partial charge on any atom is -0.756 e. The van der Waals surface area contributed by atoms with E-state index in [9.17, 15) is 24.0 Å². The molecule has 14 nitrogen and oxygen atoms in total. The third kappa shape index (κ3) is 11.1. The summed E-state index contributed by atoms with van der Waals surface area (Å²) >= 11 is 0. The smallest absolute Gasteiger partial charge is 0.268 e. The predicted octanol–water partition coefficient (Wildman–Crippen LogP) is -1.71. The lowest BCUT2D eigenvalue weighted by Gasteiger charge is -2.29. The Morgan fingerprint density at radius 3 is 1.94 bits per heavy atom. The van der Waals surface area contributed by atoms with Crippen LogP contribution in [0.4, 0.5) is 0 Å². The Kier molecular flexibility index (Phi) is 13.0. The molecule has 2 N–H and O–H groups in total. The topological polar surface area (TPSA) is 195 Å². The van der Waals surface area contributed by atoms with Gasteiger partial charge in [0.25, 0.3) is 15.6 Å². The molecule has 3 saturated heterocycles. The Morgan fingerprint density at radius 2 is 1.44 bits per heavy atom. The molecule has 0 amide bonds.